The van der Waals surface area contributed by atoms with Crippen molar-refractivity contribution in [3.05, 3.63) is 89.5 Å². The van der Waals surface area contributed by atoms with Gasteiger partial charge in [-0.25, -0.2) is 0 Å². The summed E-state index contributed by atoms with van der Waals surface area (Å²) in [4.78, 5) is 36.2. The van der Waals surface area contributed by atoms with Gasteiger partial charge in [-0.1, -0.05) is 0 Å². The van der Waals surface area contributed by atoms with Crippen LogP contribution >= 0.6 is 7.82 Å². The van der Waals surface area contributed by atoms with Crippen molar-refractivity contribution in [3.63, 3.8) is 0 Å². The lowest BCUT2D eigenvalue weighted by atomic mass is 10.1. The number of aliphatic hydroxyl groups excluding tert-OH is 6. The van der Waals surface area contributed by atoms with E-state index in [1.54, 1.807) is 0 Å². The Morgan fingerprint density at radius 2 is 0.732 bits per heavy atom. The summed E-state index contributed by atoms with van der Waals surface area (Å²) in [5.41, 5.74) is 0.101. The summed E-state index contributed by atoms with van der Waals surface area (Å²) in [6, 6.07) is 15.0. The molecule has 0 aliphatic heterocycles. The molecule has 0 saturated carbocycles. The van der Waals surface area contributed by atoms with Gasteiger partial charge in [0.15, 0.2) is 17.3 Å². The molecule has 218 valence electrons. The SMILES string of the molecule is O=C(c1ccc(OP(=O)(Oc2ccc(C(=O)C(O)CO)cc2)Oc2ccc(C(=O)C(O)CO)cc2)cc1)C(O)CO. The number of rotatable bonds is 15. The Labute approximate surface area is 233 Å². The van der Waals surface area contributed by atoms with Crippen LogP contribution in [-0.4, -0.2) is 86.1 Å². The average molecular weight is 590 g/mol. The Bertz CT molecular complexity index is 1220. The Balaban J connectivity index is 1.88. The zero-order valence-corrected chi connectivity index (χ0v) is 22.2. The first-order valence-electron chi connectivity index (χ1n) is 12.0. The molecule has 0 spiro atoms. The van der Waals surface area contributed by atoms with Crippen LogP contribution < -0.4 is 13.6 Å². The second-order valence-corrected chi connectivity index (χ2v) is 9.92. The van der Waals surface area contributed by atoms with Gasteiger partial charge in [0.25, 0.3) is 0 Å². The summed E-state index contributed by atoms with van der Waals surface area (Å²) in [5.74, 6) is -2.51. The number of phosphoric ester groups is 1. The third-order valence-corrected chi connectivity index (χ3v) is 6.80. The molecule has 0 saturated heterocycles. The molecule has 0 aromatic heterocycles. The smallest absolute Gasteiger partial charge is 0.393 e. The van der Waals surface area contributed by atoms with E-state index in [4.69, 9.17) is 28.9 Å². The standard InChI is InChI=1S/C27H27O13P/c28-13-22(31)25(34)16-1-7-19(8-2-16)38-41(37,39-20-9-3-17(4-10-20)26(35)23(32)14-29)40-21-11-5-18(6-12-21)27(36)24(33)15-30/h1-12,22-24,28-33H,13-15H2. The lowest BCUT2D eigenvalue weighted by Crippen LogP contribution is -2.24. The van der Waals surface area contributed by atoms with Crippen LogP contribution in [0.25, 0.3) is 0 Å². The van der Waals surface area contributed by atoms with Gasteiger partial charge in [-0.2, -0.15) is 4.57 Å². The van der Waals surface area contributed by atoms with Crippen molar-refractivity contribution in [3.8, 4) is 17.2 Å². The summed E-state index contributed by atoms with van der Waals surface area (Å²) in [5, 5.41) is 55.6. The lowest BCUT2D eigenvalue weighted by Gasteiger charge is -2.20. The molecule has 0 fully saturated rings. The Kier molecular flexibility index (Phi) is 10.9. The molecule has 0 radical (unpaired) electrons. The molecule has 3 aromatic carbocycles. The van der Waals surface area contributed by atoms with Gasteiger partial charge in [-0.05, 0) is 72.8 Å². The van der Waals surface area contributed by atoms with Crippen LogP contribution in [0.15, 0.2) is 72.8 Å². The molecule has 0 heterocycles. The number of phosphoric acid groups is 1. The minimum atomic E-state index is -4.60. The highest BCUT2D eigenvalue weighted by Crippen LogP contribution is 2.49. The van der Waals surface area contributed by atoms with Crippen molar-refractivity contribution >= 4 is 25.2 Å². The zero-order chi connectivity index (χ0) is 30.2. The van der Waals surface area contributed by atoms with Crippen LogP contribution in [-0.2, 0) is 4.57 Å². The highest BCUT2D eigenvalue weighted by Gasteiger charge is 2.34. The van der Waals surface area contributed by atoms with Crippen molar-refractivity contribution < 1.29 is 63.2 Å². The third kappa shape index (κ3) is 8.28. The monoisotopic (exact) mass is 590 g/mol. The summed E-state index contributed by atoms with van der Waals surface area (Å²) in [6.45, 7) is -2.33. The number of hydrogen-bond acceptors (Lipinski definition) is 13. The summed E-state index contributed by atoms with van der Waals surface area (Å²) >= 11 is 0. The second kappa shape index (κ2) is 14.1. The highest BCUT2D eigenvalue weighted by atomic mass is 31.2. The van der Waals surface area contributed by atoms with E-state index in [0.717, 1.165) is 0 Å². The van der Waals surface area contributed by atoms with Gasteiger partial charge in [-0.15, -0.1) is 0 Å². The van der Waals surface area contributed by atoms with E-state index in [1.165, 1.54) is 72.8 Å². The van der Waals surface area contributed by atoms with E-state index in [1.807, 2.05) is 0 Å². The predicted molar refractivity (Wildman–Crippen MR) is 141 cm³/mol. The lowest BCUT2D eigenvalue weighted by molar-refractivity contribution is 0.0583. The molecule has 3 aromatic rings. The number of carbonyl (C=O) groups is 3. The number of hydrogen-bond donors (Lipinski definition) is 6. The van der Waals surface area contributed by atoms with Crippen LogP contribution in [0.5, 0.6) is 17.2 Å². The molecule has 3 atom stereocenters. The van der Waals surface area contributed by atoms with Crippen LogP contribution in [0.1, 0.15) is 31.1 Å². The number of ketones is 3. The van der Waals surface area contributed by atoms with Crippen LogP contribution in [0.3, 0.4) is 0 Å². The first kappa shape index (κ1) is 31.6. The van der Waals surface area contributed by atoms with Crippen LogP contribution in [0.2, 0.25) is 0 Å². The van der Waals surface area contributed by atoms with Gasteiger partial charge in [0.2, 0.25) is 0 Å². The predicted octanol–water partition coefficient (Wildman–Crippen LogP) is 0.939. The molecular weight excluding hydrogens is 563 g/mol. The number of carbonyl (C=O) groups excluding carboxylic acids is 3. The Morgan fingerprint density at radius 3 is 0.927 bits per heavy atom. The summed E-state index contributed by atoms with van der Waals surface area (Å²) < 4.78 is 30.3. The fourth-order valence-electron chi connectivity index (χ4n) is 3.31. The fourth-order valence-corrected chi connectivity index (χ4v) is 4.56. The van der Waals surface area contributed by atoms with Gasteiger partial charge < -0.3 is 44.2 Å². The minimum Gasteiger partial charge on any atom is -0.393 e. The van der Waals surface area contributed by atoms with Gasteiger partial charge in [0.05, 0.1) is 19.8 Å². The van der Waals surface area contributed by atoms with E-state index in [2.05, 4.69) is 0 Å². The molecule has 0 bridgehead atoms. The highest BCUT2D eigenvalue weighted by molar-refractivity contribution is 7.49. The third-order valence-electron chi connectivity index (χ3n) is 5.49. The van der Waals surface area contributed by atoms with E-state index < -0.39 is 63.3 Å². The molecule has 41 heavy (non-hydrogen) atoms. The summed E-state index contributed by atoms with van der Waals surface area (Å²) in [6.07, 6.45) is -4.87. The molecular formula is C27H27O13P. The van der Waals surface area contributed by atoms with E-state index >= 15 is 0 Å². The topological polar surface area (TPSA) is 217 Å². The zero-order valence-electron chi connectivity index (χ0n) is 21.3. The largest absolute Gasteiger partial charge is 0.647 e. The second-order valence-electron chi connectivity index (χ2n) is 8.48. The van der Waals surface area contributed by atoms with Crippen molar-refractivity contribution in [2.75, 3.05) is 19.8 Å². The fraction of sp³-hybridized carbons (Fsp3) is 0.222. The average Bonchev–Trinajstić information content (AvgIpc) is 2.99. The van der Waals surface area contributed by atoms with E-state index in [0.29, 0.717) is 0 Å². The van der Waals surface area contributed by atoms with Crippen LogP contribution in [0.4, 0.5) is 0 Å². The van der Waals surface area contributed by atoms with E-state index in [9.17, 15) is 34.3 Å². The molecule has 14 heteroatoms. The van der Waals surface area contributed by atoms with Gasteiger partial charge in [-0.3, -0.25) is 14.4 Å². The minimum absolute atomic E-state index is 0.0335. The first-order chi connectivity index (χ1) is 19.5. The van der Waals surface area contributed by atoms with Crippen LogP contribution in [0, 0.1) is 0 Å². The molecule has 0 amide bonds. The van der Waals surface area contributed by atoms with Gasteiger partial charge >= 0.3 is 7.82 Å². The molecule has 6 N–H and O–H groups in total. The molecule has 0 aliphatic carbocycles. The number of aliphatic hydroxyl groups is 6. The molecule has 0 aliphatic rings. The van der Waals surface area contributed by atoms with Crippen molar-refractivity contribution in [2.45, 2.75) is 18.3 Å². The van der Waals surface area contributed by atoms with Gasteiger partial charge in [0.1, 0.15) is 35.6 Å². The maximum absolute atomic E-state index is 13.8. The molecule has 13 nitrogen and oxygen atoms in total. The number of Topliss-reactive ketones (excluding diaryl/α,β-unsaturated/α-hetero) is 3. The van der Waals surface area contributed by atoms with Crippen molar-refractivity contribution in [2.24, 2.45) is 0 Å². The Hall–Kier alpha value is -3.94. The van der Waals surface area contributed by atoms with Crippen molar-refractivity contribution in [1.82, 2.24) is 0 Å². The number of benzene rings is 3. The van der Waals surface area contributed by atoms with E-state index in [-0.39, 0.29) is 33.9 Å². The van der Waals surface area contributed by atoms with Crippen molar-refractivity contribution in [1.29, 1.82) is 0 Å². The Morgan fingerprint density at radius 1 is 0.512 bits per heavy atom. The summed E-state index contributed by atoms with van der Waals surface area (Å²) in [7, 11) is -4.60. The maximum atomic E-state index is 13.8. The van der Waals surface area contributed by atoms with Gasteiger partial charge in [0, 0.05) is 16.7 Å². The molecule has 3 rings (SSSR count). The maximum Gasteiger partial charge on any atom is 0.647 e. The normalized spacial score (nSPS) is 14.7. The quantitative estimate of drug-likeness (QED) is 0.107. The molecule has 3 unspecified atom stereocenters. The first-order valence-corrected chi connectivity index (χ1v) is 13.4.